The molecule has 0 aromatic heterocycles. The van der Waals surface area contributed by atoms with Crippen LogP contribution in [0.25, 0.3) is 0 Å². The number of phenolic OH excluding ortho intramolecular Hbond substituents is 1. The van der Waals surface area contributed by atoms with Crippen LogP contribution in [0.1, 0.15) is 72.9 Å². The molecule has 306 valence electrons. The van der Waals surface area contributed by atoms with Gasteiger partial charge in [0.2, 0.25) is 0 Å². The van der Waals surface area contributed by atoms with E-state index in [4.69, 9.17) is 24.9 Å². The average molecular weight is 815 g/mol. The predicted octanol–water partition coefficient (Wildman–Crippen LogP) is 6.24. The molecule has 6 rings (SSSR count). The van der Waals surface area contributed by atoms with Crippen LogP contribution in [0.5, 0.6) is 23.0 Å². The maximum absolute atomic E-state index is 13.1. The number of ketones is 1. The fourth-order valence-corrected chi connectivity index (χ4v) is 10.6. The summed E-state index contributed by atoms with van der Waals surface area (Å²) in [5.74, 6) is 11.5. The maximum Gasteiger partial charge on any atom is 0.188 e. The lowest BCUT2D eigenvalue weighted by atomic mass is 9.82. The Morgan fingerprint density at radius 3 is 2.67 bits per heavy atom. The molecule has 3 aliphatic rings. The molecule has 2 aliphatic heterocycles. The highest BCUT2D eigenvalue weighted by molar-refractivity contribution is 8.76. The van der Waals surface area contributed by atoms with Crippen LogP contribution in [0.2, 0.25) is 0 Å². The second-order valence-corrected chi connectivity index (χ2v) is 18.2. The van der Waals surface area contributed by atoms with Crippen LogP contribution in [-0.4, -0.2) is 79.1 Å². The topological polar surface area (TPSA) is 148 Å². The molecule has 0 spiro atoms. The molecule has 2 heterocycles. The lowest BCUT2D eigenvalue weighted by Crippen LogP contribution is -2.45. The monoisotopic (exact) mass is 814 g/mol. The molecule has 2 bridgehead atoms. The van der Waals surface area contributed by atoms with Crippen LogP contribution in [-0.2, 0) is 36.9 Å². The highest BCUT2D eigenvalue weighted by Crippen LogP contribution is 2.44. The van der Waals surface area contributed by atoms with Crippen molar-refractivity contribution >= 4 is 33.3 Å². The van der Waals surface area contributed by atoms with E-state index in [-0.39, 0.29) is 48.0 Å². The predicted molar refractivity (Wildman–Crippen MR) is 232 cm³/mol. The number of aliphatic hydroxyl groups excluding tert-OH is 1. The van der Waals surface area contributed by atoms with Gasteiger partial charge in [0.15, 0.2) is 29.0 Å². The Balaban J connectivity index is 1.32. The minimum atomic E-state index is -0.783. The minimum absolute atomic E-state index is 0.0107. The van der Waals surface area contributed by atoms with E-state index in [1.165, 1.54) is 12.7 Å². The molecule has 0 radical (unpaired) electrons. The van der Waals surface area contributed by atoms with Crippen molar-refractivity contribution in [3.8, 4) is 34.8 Å². The molecule has 0 amide bonds. The third-order valence-electron chi connectivity index (χ3n) is 11.1. The van der Waals surface area contributed by atoms with Gasteiger partial charge in [-0.2, -0.15) is 0 Å². The number of aliphatic imine (C=N–C) groups is 1. The summed E-state index contributed by atoms with van der Waals surface area (Å²) in [4.78, 5) is 17.9. The molecule has 10 nitrogen and oxygen atoms in total. The van der Waals surface area contributed by atoms with Crippen molar-refractivity contribution in [3.05, 3.63) is 81.9 Å². The third-order valence-corrected chi connectivity index (χ3v) is 13.7. The van der Waals surface area contributed by atoms with E-state index in [9.17, 15) is 15.0 Å². The number of aliphatic hydroxyl groups is 1. The van der Waals surface area contributed by atoms with Gasteiger partial charge in [-0.05, 0) is 79.7 Å². The van der Waals surface area contributed by atoms with E-state index >= 15 is 0 Å². The SMILES string of the molecule is COc1c(O)ccc2c1C#CCc1cc(c3c(c1OCNCCCc1ccccc1)OCC(C1CN=C(N)NC(C(C)C)CSSC1)C3)CCC(O)CC(=O)CC2. The first kappa shape index (κ1) is 42.6. The minimum Gasteiger partial charge on any atom is -0.504 e. The number of nitrogens with two attached hydrogens (primary N) is 1. The van der Waals surface area contributed by atoms with Crippen LogP contribution in [0.4, 0.5) is 0 Å². The number of carbonyl (C=O) groups is 1. The molecule has 1 aliphatic carbocycles. The summed E-state index contributed by atoms with van der Waals surface area (Å²) < 4.78 is 19.0. The maximum atomic E-state index is 13.1. The van der Waals surface area contributed by atoms with Crippen molar-refractivity contribution in [2.24, 2.45) is 28.5 Å². The van der Waals surface area contributed by atoms with Gasteiger partial charge in [-0.3, -0.25) is 15.1 Å². The van der Waals surface area contributed by atoms with Gasteiger partial charge >= 0.3 is 0 Å². The van der Waals surface area contributed by atoms with Crippen molar-refractivity contribution < 1.29 is 29.2 Å². The molecule has 3 aromatic carbocycles. The van der Waals surface area contributed by atoms with Gasteiger partial charge < -0.3 is 35.5 Å². The lowest BCUT2D eigenvalue weighted by Gasteiger charge is -2.34. The summed E-state index contributed by atoms with van der Waals surface area (Å²) in [6.07, 6.45) is 4.06. The number of hydrogen-bond donors (Lipinski definition) is 5. The fraction of sp³-hybridized carbons (Fsp3) is 0.511. The number of Topliss-reactive ketones (excluding diaryl/α,β-unsaturated/α-hetero) is 1. The van der Waals surface area contributed by atoms with Crippen LogP contribution in [0.15, 0.2) is 53.5 Å². The Labute approximate surface area is 345 Å². The number of carbonyl (C=O) groups excluding carboxylic acids is 1. The fourth-order valence-electron chi connectivity index (χ4n) is 7.65. The largest absolute Gasteiger partial charge is 0.504 e. The van der Waals surface area contributed by atoms with E-state index in [1.54, 1.807) is 12.1 Å². The number of methoxy groups -OCH3 is 1. The summed E-state index contributed by atoms with van der Waals surface area (Å²) in [7, 11) is 5.28. The van der Waals surface area contributed by atoms with Gasteiger partial charge in [0.05, 0.1) is 25.4 Å². The first-order valence-corrected chi connectivity index (χ1v) is 22.7. The normalized spacial score (nSPS) is 21.8. The van der Waals surface area contributed by atoms with E-state index in [2.05, 4.69) is 66.7 Å². The van der Waals surface area contributed by atoms with Crippen molar-refractivity contribution in [3.63, 3.8) is 0 Å². The van der Waals surface area contributed by atoms with Crippen molar-refractivity contribution in [1.82, 2.24) is 10.6 Å². The Hall–Kier alpha value is -4.02. The van der Waals surface area contributed by atoms with Crippen LogP contribution in [0.3, 0.4) is 0 Å². The molecule has 0 fully saturated rings. The number of hydrogen-bond acceptors (Lipinski definition) is 12. The van der Waals surface area contributed by atoms with Crippen LogP contribution in [0, 0.1) is 29.6 Å². The molecule has 12 heteroatoms. The van der Waals surface area contributed by atoms with E-state index < -0.39 is 6.10 Å². The molecule has 0 saturated carbocycles. The first-order valence-electron chi connectivity index (χ1n) is 20.3. The lowest BCUT2D eigenvalue weighted by molar-refractivity contribution is -0.121. The Kier molecular flexibility index (Phi) is 15.8. The van der Waals surface area contributed by atoms with Crippen molar-refractivity contribution in [2.75, 3.05) is 45.0 Å². The molecule has 4 atom stereocenters. The van der Waals surface area contributed by atoms with Gasteiger partial charge in [0, 0.05) is 60.4 Å². The molecular formula is C45H58N4O6S2. The number of nitrogens with zero attached hydrogens (tertiary/aromatic N) is 1. The van der Waals surface area contributed by atoms with E-state index in [1.807, 2.05) is 27.7 Å². The first-order chi connectivity index (χ1) is 27.7. The number of benzene rings is 3. The number of phenols is 1. The Bertz CT molecular complexity index is 1910. The van der Waals surface area contributed by atoms with Gasteiger partial charge in [0.25, 0.3) is 0 Å². The zero-order chi connectivity index (χ0) is 40.1. The number of nitrogens with one attached hydrogen (secondary N) is 2. The van der Waals surface area contributed by atoms with Crippen molar-refractivity contribution in [1.29, 1.82) is 0 Å². The quantitative estimate of drug-likeness (QED) is 0.0686. The molecule has 57 heavy (non-hydrogen) atoms. The molecule has 4 unspecified atom stereocenters. The van der Waals surface area contributed by atoms with Crippen molar-refractivity contribution in [2.45, 2.75) is 83.8 Å². The zero-order valence-corrected chi connectivity index (χ0v) is 35.1. The van der Waals surface area contributed by atoms with Gasteiger partial charge in [-0.15, -0.1) is 0 Å². The molecule has 0 saturated heterocycles. The second kappa shape index (κ2) is 21.1. The molecular weight excluding hydrogens is 757 g/mol. The van der Waals surface area contributed by atoms with Crippen LogP contribution >= 0.6 is 21.6 Å². The Morgan fingerprint density at radius 1 is 1.04 bits per heavy atom. The highest BCUT2D eigenvalue weighted by Gasteiger charge is 2.33. The Morgan fingerprint density at radius 2 is 1.86 bits per heavy atom. The smallest absolute Gasteiger partial charge is 0.188 e. The average Bonchev–Trinajstić information content (AvgIpc) is 3.21. The standard InChI is InChI=1S/C45H58N4O6S2/c1-29(2)40-27-57-56-26-35(24-48-45(46)49-40)34-22-39-32-15-18-37(51)23-36(50)17-14-31-16-19-41(52)43(53-3)38(31)13-7-12-33(21-32)42(44(39)54-25-34)55-28-47-20-8-11-30-9-5-4-6-10-30/h4-6,9-10,16,19,21,29,34-35,37,40,47,51-52H,8,11-12,14-15,17-18,20,22-28H2,1-3H3,(H3,46,48,49). The van der Waals surface area contributed by atoms with Crippen LogP contribution < -0.4 is 30.6 Å². The molecule has 3 aromatic rings. The number of rotatable bonds is 10. The van der Waals surface area contributed by atoms with Gasteiger partial charge in [-0.1, -0.05) is 89.7 Å². The summed E-state index contributed by atoms with van der Waals surface area (Å²) in [6, 6.07) is 16.3. The second-order valence-electron chi connectivity index (χ2n) is 15.6. The number of ether oxygens (including phenoxy) is 3. The number of aryl methyl sites for hydroxylation is 3. The highest BCUT2D eigenvalue weighted by atomic mass is 33.1. The summed E-state index contributed by atoms with van der Waals surface area (Å²) >= 11 is 0. The van der Waals surface area contributed by atoms with E-state index in [0.717, 1.165) is 65.3 Å². The number of fused-ring (bicyclic) bond motifs is 5. The van der Waals surface area contributed by atoms with Gasteiger partial charge in [0.1, 0.15) is 12.5 Å². The zero-order valence-electron chi connectivity index (χ0n) is 33.5. The van der Waals surface area contributed by atoms with E-state index in [0.29, 0.717) is 68.8 Å². The van der Waals surface area contributed by atoms with Gasteiger partial charge in [-0.25, -0.2) is 0 Å². The summed E-state index contributed by atoms with van der Waals surface area (Å²) in [6.45, 7) is 6.60. The third kappa shape index (κ3) is 11.8. The number of aromatic hydroxyl groups is 1. The summed E-state index contributed by atoms with van der Waals surface area (Å²) in [5.41, 5.74) is 12.1. The summed E-state index contributed by atoms with van der Waals surface area (Å²) in [5, 5.41) is 28.7. The number of guanidine groups is 1. The molecule has 6 N–H and O–H groups in total.